The molecule has 2 rings (SSSR count). The first-order chi connectivity index (χ1) is 8.90. The van der Waals surface area contributed by atoms with Crippen LogP contribution in [0.25, 0.3) is 11.1 Å². The zero-order chi connectivity index (χ0) is 14.2. The van der Waals surface area contributed by atoms with Crippen LogP contribution in [0.1, 0.15) is 0 Å². The highest BCUT2D eigenvalue weighted by Gasteiger charge is 2.15. The molecule has 0 unspecified atom stereocenters. The number of aromatic nitrogens is 2. The number of nitrogens with zero attached hydrogens (tertiary/aromatic N) is 2. The fraction of sp³-hybridized carbons (Fsp3) is 0.167. The molecule has 1 aromatic carbocycles. The highest BCUT2D eigenvalue weighted by Crippen LogP contribution is 2.29. The summed E-state index contributed by atoms with van der Waals surface area (Å²) in [5.41, 5.74) is 5.84. The lowest BCUT2D eigenvalue weighted by Crippen LogP contribution is -2.21. The van der Waals surface area contributed by atoms with Crippen molar-refractivity contribution in [2.75, 3.05) is 24.7 Å². The summed E-state index contributed by atoms with van der Waals surface area (Å²) in [6.07, 6.45) is 0. The molecule has 0 bridgehead atoms. The van der Waals surface area contributed by atoms with Gasteiger partial charge in [0.1, 0.15) is 11.6 Å². The molecule has 0 spiro atoms. The Labute approximate surface area is 113 Å². The zero-order valence-electron chi connectivity index (χ0n) is 10.4. The van der Waals surface area contributed by atoms with Gasteiger partial charge in [0.15, 0.2) is 0 Å². The van der Waals surface area contributed by atoms with Crippen LogP contribution in [0.4, 0.5) is 16.2 Å². The minimum atomic E-state index is -0.485. The largest absolute Gasteiger partial charge is 0.383 e. The van der Waals surface area contributed by atoms with E-state index < -0.39 is 11.4 Å². The quantitative estimate of drug-likeness (QED) is 0.882. The fourth-order valence-corrected chi connectivity index (χ4v) is 1.90. The number of anilines is 2. The number of aromatic amines is 1. The van der Waals surface area contributed by atoms with Crippen LogP contribution in [-0.2, 0) is 0 Å². The minimum absolute atomic E-state index is 0.0426. The topological polar surface area (TPSA) is 75.0 Å². The van der Waals surface area contributed by atoms with Gasteiger partial charge in [-0.1, -0.05) is 11.6 Å². The number of hydrogen-bond acceptors (Lipinski definition) is 4. The van der Waals surface area contributed by atoms with E-state index in [0.717, 1.165) is 6.07 Å². The Bertz CT molecular complexity index is 684. The van der Waals surface area contributed by atoms with E-state index in [0.29, 0.717) is 11.5 Å². The lowest BCUT2D eigenvalue weighted by atomic mass is 10.1. The smallest absolute Gasteiger partial charge is 0.262 e. The molecule has 1 heterocycles. The van der Waals surface area contributed by atoms with Gasteiger partial charge in [-0.3, -0.25) is 9.78 Å². The van der Waals surface area contributed by atoms with Gasteiger partial charge < -0.3 is 10.6 Å². The number of benzene rings is 1. The van der Waals surface area contributed by atoms with Crippen LogP contribution in [0.2, 0.25) is 5.02 Å². The minimum Gasteiger partial charge on any atom is -0.383 e. The van der Waals surface area contributed by atoms with Crippen molar-refractivity contribution >= 4 is 23.4 Å². The molecule has 0 radical (unpaired) electrons. The Morgan fingerprint density at radius 2 is 2.11 bits per heavy atom. The number of rotatable bonds is 2. The zero-order valence-corrected chi connectivity index (χ0v) is 11.1. The molecule has 0 amide bonds. The van der Waals surface area contributed by atoms with E-state index in [1.807, 2.05) is 0 Å². The summed E-state index contributed by atoms with van der Waals surface area (Å²) < 4.78 is 13.0. The maximum Gasteiger partial charge on any atom is 0.262 e. The van der Waals surface area contributed by atoms with Gasteiger partial charge >= 0.3 is 0 Å². The average Bonchev–Trinajstić information content (AvgIpc) is 2.30. The third-order valence-electron chi connectivity index (χ3n) is 2.56. The average molecular weight is 283 g/mol. The van der Waals surface area contributed by atoms with Gasteiger partial charge in [0.05, 0.1) is 10.6 Å². The summed E-state index contributed by atoms with van der Waals surface area (Å²) in [4.78, 5) is 20.3. The van der Waals surface area contributed by atoms with Crippen LogP contribution >= 0.6 is 11.6 Å². The van der Waals surface area contributed by atoms with Crippen molar-refractivity contribution in [1.29, 1.82) is 0 Å². The van der Waals surface area contributed by atoms with E-state index in [-0.39, 0.29) is 16.4 Å². The van der Waals surface area contributed by atoms with Crippen molar-refractivity contribution in [1.82, 2.24) is 9.97 Å². The molecular weight excluding hydrogens is 271 g/mol. The Morgan fingerprint density at radius 3 is 2.63 bits per heavy atom. The Morgan fingerprint density at radius 1 is 1.42 bits per heavy atom. The first kappa shape index (κ1) is 13.4. The summed E-state index contributed by atoms with van der Waals surface area (Å²) >= 11 is 5.92. The van der Waals surface area contributed by atoms with Gasteiger partial charge in [-0.15, -0.1) is 0 Å². The van der Waals surface area contributed by atoms with Gasteiger partial charge in [0, 0.05) is 19.7 Å². The predicted octanol–water partition coefficient (Wildman–Crippen LogP) is 1.88. The van der Waals surface area contributed by atoms with E-state index >= 15 is 0 Å². The number of nitrogen functional groups attached to an aromatic ring is 1. The maximum atomic E-state index is 13.0. The molecular formula is C12H12ClFN4O. The summed E-state index contributed by atoms with van der Waals surface area (Å²) in [7, 11) is 3.45. The molecule has 0 saturated carbocycles. The van der Waals surface area contributed by atoms with E-state index in [2.05, 4.69) is 9.97 Å². The van der Waals surface area contributed by atoms with E-state index in [1.165, 1.54) is 12.1 Å². The van der Waals surface area contributed by atoms with Crippen LogP contribution in [0.3, 0.4) is 0 Å². The van der Waals surface area contributed by atoms with Crippen molar-refractivity contribution in [2.24, 2.45) is 0 Å². The Balaban J connectivity index is 2.66. The van der Waals surface area contributed by atoms with Gasteiger partial charge in [-0.2, -0.15) is 4.98 Å². The number of nitrogens with two attached hydrogens (primary N) is 1. The summed E-state index contributed by atoms with van der Waals surface area (Å²) in [5, 5.41) is 0.108. The maximum absolute atomic E-state index is 13.0. The van der Waals surface area contributed by atoms with Crippen molar-refractivity contribution in [3.63, 3.8) is 0 Å². The first-order valence-corrected chi connectivity index (χ1v) is 5.80. The monoisotopic (exact) mass is 282 g/mol. The molecule has 100 valence electrons. The van der Waals surface area contributed by atoms with Crippen molar-refractivity contribution in [3.05, 3.63) is 39.4 Å². The third kappa shape index (κ3) is 2.53. The van der Waals surface area contributed by atoms with Crippen LogP contribution in [0.15, 0.2) is 23.0 Å². The fourth-order valence-electron chi connectivity index (χ4n) is 1.64. The van der Waals surface area contributed by atoms with Crippen LogP contribution in [0.5, 0.6) is 0 Å². The number of H-pyrrole nitrogens is 1. The van der Waals surface area contributed by atoms with Crippen LogP contribution in [-0.4, -0.2) is 24.1 Å². The standard InChI is InChI=1S/C12H12ClFN4O/c1-18(2)12-16-10(15)9(11(19)17-12)7-4-3-6(14)5-8(7)13/h3-5H,1-2H3,(H3,15,16,17,19). The molecule has 1 aromatic heterocycles. The SMILES string of the molecule is CN(C)c1nc(N)c(-c2ccc(F)cc2Cl)c(=O)[nH]1. The predicted molar refractivity (Wildman–Crippen MR) is 74.0 cm³/mol. The van der Waals surface area contributed by atoms with Crippen molar-refractivity contribution in [3.8, 4) is 11.1 Å². The molecule has 0 aliphatic heterocycles. The molecule has 0 fully saturated rings. The normalized spacial score (nSPS) is 10.5. The molecule has 0 aliphatic carbocycles. The summed E-state index contributed by atoms with van der Waals surface area (Å²) in [6, 6.07) is 3.73. The third-order valence-corrected chi connectivity index (χ3v) is 2.87. The summed E-state index contributed by atoms with van der Waals surface area (Å²) in [5.74, 6) is -0.105. The highest BCUT2D eigenvalue weighted by atomic mass is 35.5. The number of nitrogens with one attached hydrogen (secondary N) is 1. The molecule has 7 heteroatoms. The molecule has 2 aromatic rings. The number of halogens is 2. The lowest BCUT2D eigenvalue weighted by molar-refractivity contribution is 0.628. The van der Waals surface area contributed by atoms with Crippen molar-refractivity contribution in [2.45, 2.75) is 0 Å². The van der Waals surface area contributed by atoms with E-state index in [4.69, 9.17) is 17.3 Å². The van der Waals surface area contributed by atoms with Crippen LogP contribution in [0, 0.1) is 5.82 Å². The highest BCUT2D eigenvalue weighted by molar-refractivity contribution is 6.33. The molecule has 5 nitrogen and oxygen atoms in total. The summed E-state index contributed by atoms with van der Waals surface area (Å²) in [6.45, 7) is 0. The molecule has 3 N–H and O–H groups in total. The first-order valence-electron chi connectivity index (χ1n) is 5.42. The van der Waals surface area contributed by atoms with Crippen LogP contribution < -0.4 is 16.2 Å². The Hall–Kier alpha value is -2.08. The van der Waals surface area contributed by atoms with Gasteiger partial charge in [-0.25, -0.2) is 4.39 Å². The second kappa shape index (κ2) is 4.89. The van der Waals surface area contributed by atoms with E-state index in [9.17, 15) is 9.18 Å². The molecule has 0 saturated heterocycles. The van der Waals surface area contributed by atoms with Gasteiger partial charge in [-0.05, 0) is 18.2 Å². The molecule has 0 aliphatic rings. The lowest BCUT2D eigenvalue weighted by Gasteiger charge is -2.13. The molecule has 19 heavy (non-hydrogen) atoms. The second-order valence-electron chi connectivity index (χ2n) is 4.17. The van der Waals surface area contributed by atoms with Crippen molar-refractivity contribution < 1.29 is 4.39 Å². The Kier molecular flexibility index (Phi) is 3.44. The number of hydrogen-bond donors (Lipinski definition) is 2. The van der Waals surface area contributed by atoms with Gasteiger partial charge in [0.2, 0.25) is 5.95 Å². The second-order valence-corrected chi connectivity index (χ2v) is 4.58. The van der Waals surface area contributed by atoms with E-state index in [1.54, 1.807) is 19.0 Å². The van der Waals surface area contributed by atoms with Gasteiger partial charge in [0.25, 0.3) is 5.56 Å². The molecule has 0 atom stereocenters.